The first-order chi connectivity index (χ1) is 15.4. The first-order valence-corrected chi connectivity index (χ1v) is 10.4. The second-order valence-corrected chi connectivity index (χ2v) is 7.90. The van der Waals surface area contributed by atoms with Crippen LogP contribution in [0.25, 0.3) is 0 Å². The van der Waals surface area contributed by atoms with Crippen molar-refractivity contribution in [3.63, 3.8) is 0 Å². The van der Waals surface area contributed by atoms with Crippen LogP contribution in [0.1, 0.15) is 32.8 Å². The van der Waals surface area contributed by atoms with Gasteiger partial charge in [-0.1, -0.05) is 35.5 Å². The van der Waals surface area contributed by atoms with Crippen molar-refractivity contribution in [3.05, 3.63) is 82.7 Å². The number of aromatic nitrogens is 1. The number of nitrogens with zero attached hydrogens (tertiary/aromatic N) is 2. The van der Waals surface area contributed by atoms with Crippen molar-refractivity contribution in [2.24, 2.45) is 0 Å². The molecule has 0 radical (unpaired) electrons. The molecule has 2 N–H and O–H groups in total. The lowest BCUT2D eigenvalue weighted by Gasteiger charge is -2.38. The topological polar surface area (TPSA) is 96.7 Å². The summed E-state index contributed by atoms with van der Waals surface area (Å²) in [6, 6.07) is 14.9. The summed E-state index contributed by atoms with van der Waals surface area (Å²) in [5, 5.41) is 9.57. The van der Waals surface area contributed by atoms with Crippen LogP contribution in [0.3, 0.4) is 0 Å². The average molecular weight is 434 g/mol. The van der Waals surface area contributed by atoms with Crippen molar-refractivity contribution in [2.45, 2.75) is 25.9 Å². The molecule has 0 aliphatic carbocycles. The third-order valence-corrected chi connectivity index (χ3v) is 5.95. The molecule has 1 aliphatic rings. The van der Waals surface area contributed by atoms with E-state index in [1.807, 2.05) is 56.3 Å². The number of ether oxygens (including phenoxy) is 1. The van der Waals surface area contributed by atoms with Crippen LogP contribution in [0.4, 0.5) is 4.79 Å². The monoisotopic (exact) mass is 434 g/mol. The summed E-state index contributed by atoms with van der Waals surface area (Å²) in [6.07, 6.45) is 2.03. The van der Waals surface area contributed by atoms with Crippen LogP contribution in [-0.2, 0) is 12.1 Å². The summed E-state index contributed by atoms with van der Waals surface area (Å²) in [4.78, 5) is 27.6. The predicted molar refractivity (Wildman–Crippen MR) is 118 cm³/mol. The van der Waals surface area contributed by atoms with Crippen molar-refractivity contribution in [2.75, 3.05) is 20.2 Å². The largest absolute Gasteiger partial charge is 0.497 e. The van der Waals surface area contributed by atoms with Crippen LogP contribution < -0.4 is 15.4 Å². The molecule has 3 aromatic rings. The summed E-state index contributed by atoms with van der Waals surface area (Å²) >= 11 is 0. The molecule has 1 aliphatic heterocycles. The van der Waals surface area contributed by atoms with Crippen molar-refractivity contribution in [3.8, 4) is 5.75 Å². The Labute approximate surface area is 186 Å². The fourth-order valence-electron chi connectivity index (χ4n) is 3.92. The fourth-order valence-corrected chi connectivity index (χ4v) is 3.92. The molecule has 3 amide bonds. The lowest BCUT2D eigenvalue weighted by molar-refractivity contribution is 0.0726. The van der Waals surface area contributed by atoms with Gasteiger partial charge < -0.3 is 19.9 Å². The van der Waals surface area contributed by atoms with Gasteiger partial charge in [0.1, 0.15) is 5.75 Å². The summed E-state index contributed by atoms with van der Waals surface area (Å²) < 4.78 is 10.3. The van der Waals surface area contributed by atoms with Gasteiger partial charge in [-0.25, -0.2) is 4.79 Å². The van der Waals surface area contributed by atoms with E-state index in [9.17, 15) is 9.59 Å². The molecule has 2 aromatic carbocycles. The second-order valence-electron chi connectivity index (χ2n) is 7.90. The van der Waals surface area contributed by atoms with Crippen LogP contribution in [0, 0.1) is 13.8 Å². The van der Waals surface area contributed by atoms with E-state index in [-0.39, 0.29) is 18.3 Å². The summed E-state index contributed by atoms with van der Waals surface area (Å²) in [7, 11) is 1.62. The Morgan fingerprint density at radius 3 is 2.62 bits per heavy atom. The van der Waals surface area contributed by atoms with Crippen LogP contribution in [0.5, 0.6) is 5.75 Å². The molecule has 1 unspecified atom stereocenters. The van der Waals surface area contributed by atoms with Crippen LogP contribution in [-0.4, -0.2) is 42.2 Å². The number of carbonyl (C=O) groups excluding carboxylic acids is 2. The number of aryl methyl sites for hydroxylation is 2. The molecular formula is C24H26N4O4. The number of nitrogens with one attached hydrogen (secondary N) is 2. The van der Waals surface area contributed by atoms with Crippen LogP contribution in [0.15, 0.2) is 59.3 Å². The smallest absolute Gasteiger partial charge is 0.319 e. The maximum Gasteiger partial charge on any atom is 0.319 e. The van der Waals surface area contributed by atoms with Crippen molar-refractivity contribution in [1.29, 1.82) is 0 Å². The summed E-state index contributed by atoms with van der Waals surface area (Å²) in [6.45, 7) is 4.67. The van der Waals surface area contributed by atoms with Crippen LogP contribution in [0.2, 0.25) is 0 Å². The van der Waals surface area contributed by atoms with E-state index in [0.29, 0.717) is 13.0 Å². The normalized spacial score (nSPS) is 17.8. The Hall–Kier alpha value is -3.81. The van der Waals surface area contributed by atoms with E-state index >= 15 is 0 Å². The van der Waals surface area contributed by atoms with Gasteiger partial charge in [0.25, 0.3) is 5.91 Å². The third kappa shape index (κ3) is 4.03. The minimum absolute atomic E-state index is 0.0858. The zero-order valence-corrected chi connectivity index (χ0v) is 18.3. The molecular weight excluding hydrogens is 408 g/mol. The zero-order valence-electron chi connectivity index (χ0n) is 18.3. The highest BCUT2D eigenvalue weighted by atomic mass is 16.5. The van der Waals surface area contributed by atoms with Gasteiger partial charge in [-0.2, -0.15) is 0 Å². The Morgan fingerprint density at radius 1 is 1.19 bits per heavy atom. The highest BCUT2D eigenvalue weighted by molar-refractivity contribution is 5.93. The molecule has 1 fully saturated rings. The molecule has 32 heavy (non-hydrogen) atoms. The number of hydrogen-bond acceptors (Lipinski definition) is 5. The molecule has 1 atom stereocenters. The molecule has 4 rings (SSSR count). The molecule has 0 bridgehead atoms. The van der Waals surface area contributed by atoms with Crippen LogP contribution >= 0.6 is 0 Å². The standard InChI is InChI=1S/C24H26N4O4/c1-16-4-7-19(14-17(16)2)24(27-22(29)21-10-12-26-32-21)15-25-23(30)28(24)13-11-18-5-8-20(31-3)9-6-18/h4-10,12,14H,11,13,15H2,1-3H3,(H,25,30)(H,27,29). The number of amides is 3. The van der Waals surface area contributed by atoms with E-state index < -0.39 is 11.6 Å². The second kappa shape index (κ2) is 8.74. The average Bonchev–Trinajstić information content (AvgIpc) is 3.44. The van der Waals surface area contributed by atoms with Gasteiger partial charge >= 0.3 is 6.03 Å². The highest BCUT2D eigenvalue weighted by Crippen LogP contribution is 2.32. The lowest BCUT2D eigenvalue weighted by atomic mass is 9.94. The maximum atomic E-state index is 13.0. The first-order valence-electron chi connectivity index (χ1n) is 10.4. The molecule has 0 spiro atoms. The fraction of sp³-hybridized carbons (Fsp3) is 0.292. The summed E-state index contributed by atoms with van der Waals surface area (Å²) in [5.74, 6) is 0.422. The van der Waals surface area contributed by atoms with Gasteiger partial charge in [0.15, 0.2) is 5.66 Å². The first kappa shape index (κ1) is 21.4. The van der Waals surface area contributed by atoms with Gasteiger partial charge in [0.2, 0.25) is 5.76 Å². The van der Waals surface area contributed by atoms with E-state index in [1.165, 1.54) is 12.3 Å². The van der Waals surface area contributed by atoms with Gasteiger partial charge in [0.05, 0.1) is 19.9 Å². The van der Waals surface area contributed by atoms with Crippen molar-refractivity contribution < 1.29 is 18.8 Å². The Kier molecular flexibility index (Phi) is 5.85. The number of rotatable bonds is 7. The van der Waals surface area contributed by atoms with Crippen molar-refractivity contribution >= 4 is 11.9 Å². The molecule has 0 saturated carbocycles. The van der Waals surface area contributed by atoms with Gasteiger partial charge in [0, 0.05) is 18.2 Å². The molecule has 2 heterocycles. The number of urea groups is 1. The number of methoxy groups -OCH3 is 1. The molecule has 8 nitrogen and oxygen atoms in total. The Morgan fingerprint density at radius 2 is 1.97 bits per heavy atom. The van der Waals surface area contributed by atoms with Gasteiger partial charge in [-0.3, -0.25) is 9.69 Å². The maximum absolute atomic E-state index is 13.0. The lowest BCUT2D eigenvalue weighted by Crippen LogP contribution is -2.57. The summed E-state index contributed by atoms with van der Waals surface area (Å²) in [5.41, 5.74) is 3.02. The third-order valence-electron chi connectivity index (χ3n) is 5.95. The molecule has 1 aromatic heterocycles. The number of hydrogen-bond donors (Lipinski definition) is 2. The predicted octanol–water partition coefficient (Wildman–Crippen LogP) is 3.15. The molecule has 8 heteroatoms. The van der Waals surface area contributed by atoms with Gasteiger partial charge in [-0.15, -0.1) is 0 Å². The number of benzene rings is 2. The van der Waals surface area contributed by atoms with E-state index in [0.717, 1.165) is 28.0 Å². The van der Waals surface area contributed by atoms with Gasteiger partial charge in [-0.05, 0) is 49.1 Å². The Bertz CT molecular complexity index is 1110. The highest BCUT2D eigenvalue weighted by Gasteiger charge is 2.48. The van der Waals surface area contributed by atoms with E-state index in [4.69, 9.17) is 9.26 Å². The van der Waals surface area contributed by atoms with Crippen molar-refractivity contribution in [1.82, 2.24) is 20.7 Å². The van der Waals surface area contributed by atoms with E-state index in [1.54, 1.807) is 12.0 Å². The molecule has 166 valence electrons. The quantitative estimate of drug-likeness (QED) is 0.596. The minimum atomic E-state index is -1.06. The zero-order chi connectivity index (χ0) is 22.7. The number of carbonyl (C=O) groups is 2. The minimum Gasteiger partial charge on any atom is -0.497 e. The van der Waals surface area contributed by atoms with E-state index in [2.05, 4.69) is 15.8 Å². The Balaban J connectivity index is 1.67. The molecule has 1 saturated heterocycles. The SMILES string of the molecule is COc1ccc(CCN2C(=O)NCC2(NC(=O)c2ccno2)c2ccc(C)c(C)c2)cc1.